The number of hydrogen-bond acceptors (Lipinski definition) is 7. The van der Waals surface area contributed by atoms with E-state index < -0.39 is 27.4 Å². The Bertz CT molecular complexity index is 1380. The van der Waals surface area contributed by atoms with Crippen LogP contribution in [-0.4, -0.2) is 60.2 Å². The van der Waals surface area contributed by atoms with Gasteiger partial charge in [-0.3, -0.25) is 9.98 Å². The van der Waals surface area contributed by atoms with E-state index in [1.807, 2.05) is 0 Å². The molecular formula is C23H21F2N5O3S. The largest absolute Gasteiger partial charge is 0.379 e. The summed E-state index contributed by atoms with van der Waals surface area (Å²) in [5.74, 6) is -2.22. The van der Waals surface area contributed by atoms with Gasteiger partial charge < -0.3 is 4.74 Å². The van der Waals surface area contributed by atoms with Crippen LogP contribution in [0.3, 0.4) is 0 Å². The molecule has 1 fully saturated rings. The second kappa shape index (κ2) is 9.24. The van der Waals surface area contributed by atoms with E-state index >= 15 is 4.39 Å². The summed E-state index contributed by atoms with van der Waals surface area (Å²) in [6.45, 7) is 0.993. The number of morpholine rings is 1. The second-order valence-electron chi connectivity index (χ2n) is 7.97. The van der Waals surface area contributed by atoms with Crippen LogP contribution in [-0.2, 0) is 33.4 Å². The van der Waals surface area contributed by atoms with Gasteiger partial charge in [0.05, 0.1) is 30.4 Å². The van der Waals surface area contributed by atoms with Crippen molar-refractivity contribution in [2.24, 2.45) is 4.99 Å². The minimum atomic E-state index is -3.78. The fourth-order valence-electron chi connectivity index (χ4n) is 4.11. The van der Waals surface area contributed by atoms with Gasteiger partial charge in [0, 0.05) is 55.0 Å². The molecule has 0 radical (unpaired) electrons. The zero-order chi connectivity index (χ0) is 23.7. The number of nitrogens with zero attached hydrogens (tertiary/aromatic N) is 5. The number of aliphatic imine (C=N–C) groups is 1. The molecule has 2 aliphatic rings. The third-order valence-corrected chi connectivity index (χ3v) is 7.69. The van der Waals surface area contributed by atoms with Gasteiger partial charge in [0.2, 0.25) is 10.0 Å². The molecule has 2 aliphatic heterocycles. The van der Waals surface area contributed by atoms with E-state index in [1.165, 1.54) is 22.9 Å². The first-order valence-electron chi connectivity index (χ1n) is 10.8. The normalized spacial score (nSPS) is 16.1. The van der Waals surface area contributed by atoms with E-state index in [1.54, 1.807) is 18.3 Å². The molecule has 8 nitrogen and oxygen atoms in total. The van der Waals surface area contributed by atoms with Crippen LogP contribution in [0.5, 0.6) is 0 Å². The van der Waals surface area contributed by atoms with Gasteiger partial charge in [-0.2, -0.15) is 4.31 Å². The Morgan fingerprint density at radius 2 is 1.88 bits per heavy atom. The Morgan fingerprint density at radius 1 is 1.06 bits per heavy atom. The van der Waals surface area contributed by atoms with E-state index in [2.05, 4.69) is 19.9 Å². The van der Waals surface area contributed by atoms with Crippen molar-refractivity contribution in [2.45, 2.75) is 18.6 Å². The second-order valence-corrected chi connectivity index (χ2v) is 9.94. The van der Waals surface area contributed by atoms with Crippen molar-refractivity contribution >= 4 is 21.9 Å². The summed E-state index contributed by atoms with van der Waals surface area (Å²) >= 11 is 0. The third kappa shape index (κ3) is 4.33. The standard InChI is InChI=1S/C23H21F2N5O3S/c24-18-4-3-15(13-34(31,32)30-8-10-33-11-9-30)21(25)17(18)12-20-16(2-1-6-26-20)22-23-19(5-7-27-23)28-14-29-22/h1-4,6-7,14H,5,8-13H2. The first-order chi connectivity index (χ1) is 16.4. The van der Waals surface area contributed by atoms with Gasteiger partial charge in [-0.15, -0.1) is 0 Å². The average molecular weight is 486 g/mol. The van der Waals surface area contributed by atoms with Crippen LogP contribution in [0.25, 0.3) is 11.3 Å². The third-order valence-electron chi connectivity index (χ3n) is 5.86. The molecule has 2 aromatic heterocycles. The number of halogens is 2. The summed E-state index contributed by atoms with van der Waals surface area (Å²) in [6.07, 6.45) is 5.10. The molecule has 0 spiro atoms. The molecule has 0 saturated carbocycles. The zero-order valence-corrected chi connectivity index (χ0v) is 18.9. The van der Waals surface area contributed by atoms with Gasteiger partial charge in [0.1, 0.15) is 29.3 Å². The fourth-order valence-corrected chi connectivity index (χ4v) is 5.62. The highest BCUT2D eigenvalue weighted by Gasteiger charge is 2.27. The number of hydrogen-bond donors (Lipinski definition) is 0. The van der Waals surface area contributed by atoms with Crippen molar-refractivity contribution in [2.75, 3.05) is 26.3 Å². The molecule has 4 heterocycles. The molecule has 1 saturated heterocycles. The highest BCUT2D eigenvalue weighted by Crippen LogP contribution is 2.35. The number of aromatic nitrogens is 3. The predicted octanol–water partition coefficient (Wildman–Crippen LogP) is 2.83. The lowest BCUT2D eigenvalue weighted by Crippen LogP contribution is -2.41. The molecule has 11 heteroatoms. The first-order valence-corrected chi connectivity index (χ1v) is 12.4. The summed E-state index contributed by atoms with van der Waals surface area (Å²) in [5, 5.41) is 0. The van der Waals surface area contributed by atoms with Crippen LogP contribution in [0, 0.1) is 11.6 Å². The zero-order valence-electron chi connectivity index (χ0n) is 18.1. The molecule has 0 unspecified atom stereocenters. The highest BCUT2D eigenvalue weighted by atomic mass is 32.2. The van der Waals surface area contributed by atoms with Crippen molar-refractivity contribution in [3.05, 3.63) is 70.9 Å². The van der Waals surface area contributed by atoms with Crippen molar-refractivity contribution in [1.29, 1.82) is 0 Å². The Labute approximate surface area is 195 Å². The maximum absolute atomic E-state index is 15.4. The van der Waals surface area contributed by atoms with Crippen LogP contribution in [0.1, 0.15) is 22.5 Å². The monoisotopic (exact) mass is 485 g/mol. The van der Waals surface area contributed by atoms with E-state index in [4.69, 9.17) is 4.74 Å². The molecule has 5 rings (SSSR count). The lowest BCUT2D eigenvalue weighted by atomic mass is 9.99. The Hall–Kier alpha value is -3.15. The molecule has 0 atom stereocenters. The topological polar surface area (TPSA) is 97.6 Å². The van der Waals surface area contributed by atoms with E-state index in [0.717, 1.165) is 11.8 Å². The molecular weight excluding hydrogens is 464 g/mol. The van der Waals surface area contributed by atoms with E-state index in [0.29, 0.717) is 29.1 Å². The van der Waals surface area contributed by atoms with Gasteiger partial charge in [-0.25, -0.2) is 27.2 Å². The van der Waals surface area contributed by atoms with Gasteiger partial charge in [-0.05, 0) is 18.2 Å². The van der Waals surface area contributed by atoms with Gasteiger partial charge >= 0.3 is 0 Å². The maximum atomic E-state index is 15.4. The Balaban J connectivity index is 1.49. The molecule has 0 bridgehead atoms. The van der Waals surface area contributed by atoms with Gasteiger partial charge in [0.15, 0.2) is 0 Å². The molecule has 0 N–H and O–H groups in total. The number of sulfonamides is 1. The quantitative estimate of drug-likeness (QED) is 0.533. The highest BCUT2D eigenvalue weighted by molar-refractivity contribution is 7.88. The van der Waals surface area contributed by atoms with Gasteiger partial charge in [0.25, 0.3) is 0 Å². The number of benzene rings is 1. The number of rotatable bonds is 6. The number of fused-ring (bicyclic) bond motifs is 1. The van der Waals surface area contributed by atoms with Crippen molar-refractivity contribution in [3.8, 4) is 11.3 Å². The smallest absolute Gasteiger partial charge is 0.218 e. The minimum absolute atomic E-state index is 0.0899. The molecule has 0 amide bonds. The summed E-state index contributed by atoms with van der Waals surface area (Å²) in [5.41, 5.74) is 2.57. The molecule has 3 aromatic rings. The van der Waals surface area contributed by atoms with E-state index in [9.17, 15) is 12.8 Å². The van der Waals surface area contributed by atoms with Crippen LogP contribution < -0.4 is 0 Å². The predicted molar refractivity (Wildman–Crippen MR) is 121 cm³/mol. The van der Waals surface area contributed by atoms with E-state index in [-0.39, 0.29) is 43.9 Å². The van der Waals surface area contributed by atoms with Crippen LogP contribution in [0.2, 0.25) is 0 Å². The fraction of sp³-hybridized carbons (Fsp3) is 0.304. The lowest BCUT2D eigenvalue weighted by Gasteiger charge is -2.26. The first kappa shape index (κ1) is 22.6. The Morgan fingerprint density at radius 3 is 2.71 bits per heavy atom. The van der Waals surface area contributed by atoms with Crippen LogP contribution >= 0.6 is 0 Å². The minimum Gasteiger partial charge on any atom is -0.379 e. The van der Waals surface area contributed by atoms with Crippen LogP contribution in [0.4, 0.5) is 14.5 Å². The van der Waals surface area contributed by atoms with Crippen molar-refractivity contribution < 1.29 is 21.9 Å². The molecule has 0 aliphatic carbocycles. The van der Waals surface area contributed by atoms with Crippen LogP contribution in [0.15, 0.2) is 41.8 Å². The number of ether oxygens (including phenoxy) is 1. The average Bonchev–Trinajstić information content (AvgIpc) is 3.34. The summed E-state index contributed by atoms with van der Waals surface area (Å²) in [4.78, 5) is 17.3. The van der Waals surface area contributed by atoms with Gasteiger partial charge in [-0.1, -0.05) is 6.07 Å². The SMILES string of the molecule is O=S(=O)(Cc1ccc(F)c(Cc2ncccc2-c2ncnc3c2N=CC3)c1F)N1CCOCC1. The molecule has 34 heavy (non-hydrogen) atoms. The van der Waals surface area contributed by atoms with Crippen molar-refractivity contribution in [1.82, 2.24) is 19.3 Å². The molecule has 176 valence electrons. The summed E-state index contributed by atoms with van der Waals surface area (Å²) in [6, 6.07) is 5.75. The summed E-state index contributed by atoms with van der Waals surface area (Å²) < 4.78 is 62.2. The van der Waals surface area contributed by atoms with Crippen molar-refractivity contribution in [3.63, 3.8) is 0 Å². The summed E-state index contributed by atoms with van der Waals surface area (Å²) in [7, 11) is -3.78. The maximum Gasteiger partial charge on any atom is 0.218 e. The lowest BCUT2D eigenvalue weighted by molar-refractivity contribution is 0.0729. The molecule has 1 aromatic carbocycles. The Kier molecular flexibility index (Phi) is 6.15. The number of pyridine rings is 1.